The fraction of sp³-hybridized carbons (Fsp3) is 0.615. The molecule has 0 fully saturated rings. The quantitative estimate of drug-likeness (QED) is 0.228. The van der Waals surface area contributed by atoms with Gasteiger partial charge < -0.3 is 41.9 Å². The fourth-order valence-corrected chi connectivity index (χ4v) is 1.94. The van der Waals surface area contributed by atoms with Crippen LogP contribution in [-0.4, -0.2) is 62.1 Å². The molecule has 146 valence electrons. The standard InChI is InChI=1S/C13H22N6O7/c1-5(21)9(12(23)24)17-13(25)16-7(4-8(15)22)11-18-10(19-26-11)6(14)2-3-20/h5-7,9,20-21H,2-4,14H2,1H3,(H2,15,22)(H,23,24)(H2,16,17,25)/t5?,6-,7-,9-/m0/s1. The van der Waals surface area contributed by atoms with Crippen LogP contribution in [0.25, 0.3) is 0 Å². The van der Waals surface area contributed by atoms with Crippen molar-refractivity contribution in [2.24, 2.45) is 11.5 Å². The number of nitrogens with one attached hydrogen (secondary N) is 2. The number of aliphatic hydroxyl groups is 2. The Labute approximate surface area is 147 Å². The van der Waals surface area contributed by atoms with Gasteiger partial charge in [-0.15, -0.1) is 0 Å². The van der Waals surface area contributed by atoms with Crippen LogP contribution >= 0.6 is 0 Å². The van der Waals surface area contributed by atoms with E-state index in [1.54, 1.807) is 0 Å². The van der Waals surface area contributed by atoms with Crippen molar-refractivity contribution >= 4 is 17.9 Å². The van der Waals surface area contributed by atoms with Crippen molar-refractivity contribution in [2.45, 2.75) is 44.0 Å². The van der Waals surface area contributed by atoms with Crippen molar-refractivity contribution < 1.29 is 34.2 Å². The SMILES string of the molecule is CC(O)[C@H](NC(=O)N[C@@H](CC(N)=O)c1nc([C@@H](N)CCO)no1)C(=O)O. The number of carboxylic acids is 1. The number of nitrogens with zero attached hydrogens (tertiary/aromatic N) is 2. The van der Waals surface area contributed by atoms with Gasteiger partial charge in [-0.25, -0.2) is 9.59 Å². The molecule has 0 saturated carbocycles. The second-order valence-corrected chi connectivity index (χ2v) is 5.51. The number of urea groups is 1. The van der Waals surface area contributed by atoms with Gasteiger partial charge in [0, 0.05) is 6.61 Å². The van der Waals surface area contributed by atoms with Crippen LogP contribution in [0.4, 0.5) is 4.79 Å². The highest BCUT2D eigenvalue weighted by Crippen LogP contribution is 2.17. The van der Waals surface area contributed by atoms with Gasteiger partial charge in [-0.1, -0.05) is 5.16 Å². The molecule has 0 radical (unpaired) electrons. The average Bonchev–Trinajstić information content (AvgIpc) is 3.01. The zero-order valence-corrected chi connectivity index (χ0v) is 14.0. The number of aliphatic carboxylic acids is 1. The highest BCUT2D eigenvalue weighted by Gasteiger charge is 2.29. The molecule has 0 aromatic carbocycles. The zero-order valence-electron chi connectivity index (χ0n) is 14.0. The van der Waals surface area contributed by atoms with Gasteiger partial charge in [-0.05, 0) is 13.3 Å². The molecule has 1 unspecified atom stereocenters. The highest BCUT2D eigenvalue weighted by atomic mass is 16.5. The van der Waals surface area contributed by atoms with E-state index >= 15 is 0 Å². The number of primary amides is 1. The number of rotatable bonds is 10. The largest absolute Gasteiger partial charge is 0.480 e. The van der Waals surface area contributed by atoms with E-state index in [-0.39, 0.29) is 24.7 Å². The summed E-state index contributed by atoms with van der Waals surface area (Å²) in [6.45, 7) is 0.985. The summed E-state index contributed by atoms with van der Waals surface area (Å²) in [5.74, 6) is -2.36. The van der Waals surface area contributed by atoms with Crippen molar-refractivity contribution in [2.75, 3.05) is 6.61 Å². The summed E-state index contributed by atoms with van der Waals surface area (Å²) in [6, 6.07) is -4.42. The van der Waals surface area contributed by atoms with E-state index in [0.29, 0.717) is 0 Å². The first-order valence-electron chi connectivity index (χ1n) is 7.61. The van der Waals surface area contributed by atoms with E-state index in [9.17, 15) is 19.5 Å². The van der Waals surface area contributed by atoms with Crippen LogP contribution < -0.4 is 22.1 Å². The van der Waals surface area contributed by atoms with E-state index in [1.807, 2.05) is 5.32 Å². The topological polar surface area (TPSA) is 227 Å². The van der Waals surface area contributed by atoms with Crippen molar-refractivity contribution in [1.29, 1.82) is 0 Å². The Balaban J connectivity index is 2.89. The molecule has 1 aromatic heterocycles. The lowest BCUT2D eigenvalue weighted by Gasteiger charge is -2.19. The molecule has 4 atom stereocenters. The first kappa shape index (κ1) is 21.3. The maximum Gasteiger partial charge on any atom is 0.328 e. The van der Waals surface area contributed by atoms with E-state index in [4.69, 9.17) is 26.2 Å². The minimum Gasteiger partial charge on any atom is -0.480 e. The number of aliphatic hydroxyl groups excluding tert-OH is 2. The lowest BCUT2D eigenvalue weighted by Crippen LogP contribution is -2.52. The number of hydrogen-bond donors (Lipinski definition) is 7. The van der Waals surface area contributed by atoms with Gasteiger partial charge in [0.2, 0.25) is 11.8 Å². The molecule has 0 spiro atoms. The van der Waals surface area contributed by atoms with Crippen molar-refractivity contribution in [1.82, 2.24) is 20.8 Å². The minimum absolute atomic E-state index is 0.0538. The van der Waals surface area contributed by atoms with E-state index in [0.717, 1.165) is 0 Å². The predicted molar refractivity (Wildman–Crippen MR) is 84.3 cm³/mol. The summed E-state index contributed by atoms with van der Waals surface area (Å²) in [7, 11) is 0. The Hall–Kier alpha value is -2.77. The van der Waals surface area contributed by atoms with Crippen LogP contribution in [0.3, 0.4) is 0 Å². The normalized spacial score (nSPS) is 15.5. The van der Waals surface area contributed by atoms with Gasteiger partial charge in [-0.2, -0.15) is 4.98 Å². The maximum absolute atomic E-state index is 12.0. The molecule has 1 rings (SSSR count). The third kappa shape index (κ3) is 6.27. The zero-order chi connectivity index (χ0) is 19.9. The first-order valence-corrected chi connectivity index (χ1v) is 7.61. The number of carbonyl (C=O) groups is 3. The number of amides is 3. The molecule has 1 heterocycles. The monoisotopic (exact) mass is 374 g/mol. The van der Waals surface area contributed by atoms with Crippen LogP contribution in [0.2, 0.25) is 0 Å². The Morgan fingerprint density at radius 3 is 2.46 bits per heavy atom. The second kappa shape index (κ2) is 9.65. The maximum atomic E-state index is 12.0. The summed E-state index contributed by atoms with van der Waals surface area (Å²) in [4.78, 5) is 38.1. The smallest absolute Gasteiger partial charge is 0.328 e. The van der Waals surface area contributed by atoms with Gasteiger partial charge in [0.05, 0.1) is 18.6 Å². The molecular formula is C13H22N6O7. The highest BCUT2D eigenvalue weighted by molar-refractivity contribution is 5.83. The Bertz CT molecular complexity index is 634. The van der Waals surface area contributed by atoms with Crippen LogP contribution in [0.15, 0.2) is 4.52 Å². The number of nitrogens with two attached hydrogens (primary N) is 2. The molecule has 0 aliphatic rings. The van der Waals surface area contributed by atoms with Gasteiger partial charge >= 0.3 is 12.0 Å². The molecule has 0 saturated heterocycles. The number of hydrogen-bond acceptors (Lipinski definition) is 9. The third-order valence-corrected chi connectivity index (χ3v) is 3.27. The van der Waals surface area contributed by atoms with Crippen molar-refractivity contribution in [3.8, 4) is 0 Å². The molecular weight excluding hydrogens is 352 g/mol. The van der Waals surface area contributed by atoms with E-state index < -0.39 is 48.6 Å². The number of carbonyl (C=O) groups excluding carboxylic acids is 2. The summed E-state index contributed by atoms with van der Waals surface area (Å²) < 4.78 is 4.96. The summed E-state index contributed by atoms with van der Waals surface area (Å²) in [6.07, 6.45) is -1.60. The first-order chi connectivity index (χ1) is 12.1. The minimum atomic E-state index is -1.57. The number of carboxylic acid groups (broad SMARTS) is 1. The molecule has 13 heteroatoms. The Morgan fingerprint density at radius 2 is 1.96 bits per heavy atom. The summed E-state index contributed by atoms with van der Waals surface area (Å²) in [5, 5.41) is 35.1. The predicted octanol–water partition coefficient (Wildman–Crippen LogP) is -2.50. The molecule has 9 N–H and O–H groups in total. The van der Waals surface area contributed by atoms with Gasteiger partial charge in [0.25, 0.3) is 0 Å². The van der Waals surface area contributed by atoms with Gasteiger partial charge in [-0.3, -0.25) is 4.79 Å². The van der Waals surface area contributed by atoms with Crippen molar-refractivity contribution in [3.05, 3.63) is 11.7 Å². The van der Waals surface area contributed by atoms with E-state index in [1.165, 1.54) is 6.92 Å². The second-order valence-electron chi connectivity index (χ2n) is 5.51. The Morgan fingerprint density at radius 1 is 1.31 bits per heavy atom. The molecule has 13 nitrogen and oxygen atoms in total. The van der Waals surface area contributed by atoms with Gasteiger partial charge in [0.1, 0.15) is 6.04 Å². The number of aromatic nitrogens is 2. The molecule has 0 bridgehead atoms. The van der Waals surface area contributed by atoms with Crippen molar-refractivity contribution in [3.63, 3.8) is 0 Å². The molecule has 26 heavy (non-hydrogen) atoms. The average molecular weight is 374 g/mol. The van der Waals surface area contributed by atoms with E-state index in [2.05, 4.69) is 15.5 Å². The van der Waals surface area contributed by atoms with Crippen LogP contribution in [0.1, 0.15) is 43.6 Å². The molecule has 1 aromatic rings. The van der Waals surface area contributed by atoms with Crippen LogP contribution in [-0.2, 0) is 9.59 Å². The Kier molecular flexibility index (Phi) is 7.89. The molecule has 0 aliphatic carbocycles. The van der Waals surface area contributed by atoms with Gasteiger partial charge in [0.15, 0.2) is 11.9 Å². The summed E-state index contributed by atoms with van der Waals surface area (Å²) >= 11 is 0. The summed E-state index contributed by atoms with van der Waals surface area (Å²) in [5.41, 5.74) is 10.9. The molecule has 3 amide bonds. The lowest BCUT2D eigenvalue weighted by atomic mass is 10.2. The van der Waals surface area contributed by atoms with Crippen LogP contribution in [0, 0.1) is 0 Å². The third-order valence-electron chi connectivity index (χ3n) is 3.27. The molecule has 0 aliphatic heterocycles. The fourth-order valence-electron chi connectivity index (χ4n) is 1.94. The lowest BCUT2D eigenvalue weighted by molar-refractivity contribution is -0.141. The van der Waals surface area contributed by atoms with Crippen LogP contribution in [0.5, 0.6) is 0 Å².